The van der Waals surface area contributed by atoms with Crippen molar-refractivity contribution in [2.45, 2.75) is 39.0 Å². The summed E-state index contributed by atoms with van der Waals surface area (Å²) < 4.78 is 0. The quantitative estimate of drug-likeness (QED) is 0.795. The van der Waals surface area contributed by atoms with E-state index < -0.39 is 0 Å². The Kier molecular flexibility index (Phi) is 4.40. The van der Waals surface area contributed by atoms with Gasteiger partial charge in [-0.05, 0) is 17.9 Å². The molecule has 1 saturated heterocycles. The summed E-state index contributed by atoms with van der Waals surface area (Å²) in [5.41, 5.74) is 1.37. The molecule has 0 aromatic heterocycles. The van der Waals surface area contributed by atoms with Crippen LogP contribution in [0.25, 0.3) is 0 Å². The summed E-state index contributed by atoms with van der Waals surface area (Å²) in [4.78, 5) is 14.1. The second-order valence-corrected chi connectivity index (χ2v) is 5.40. The molecular weight excluding hydrogens is 222 g/mol. The number of carbonyl (C=O) groups excluding carboxylic acids is 1. The Labute approximate surface area is 110 Å². The molecule has 0 aliphatic carbocycles. The van der Waals surface area contributed by atoms with Gasteiger partial charge in [-0.15, -0.1) is 0 Å². The number of amides is 1. The lowest BCUT2D eigenvalue weighted by molar-refractivity contribution is -0.130. The first-order valence-electron chi connectivity index (χ1n) is 7.05. The van der Waals surface area contributed by atoms with Crippen molar-refractivity contribution in [3.63, 3.8) is 0 Å². The van der Waals surface area contributed by atoms with Gasteiger partial charge in [0.2, 0.25) is 5.91 Å². The highest BCUT2D eigenvalue weighted by Crippen LogP contribution is 2.32. The highest BCUT2D eigenvalue weighted by molar-refractivity contribution is 5.76. The van der Waals surface area contributed by atoms with Gasteiger partial charge in [-0.1, -0.05) is 50.6 Å². The zero-order valence-corrected chi connectivity index (χ0v) is 11.4. The second-order valence-electron chi connectivity index (χ2n) is 5.40. The number of benzene rings is 1. The molecule has 1 aliphatic heterocycles. The van der Waals surface area contributed by atoms with E-state index >= 15 is 0 Å². The van der Waals surface area contributed by atoms with Crippen LogP contribution < -0.4 is 0 Å². The van der Waals surface area contributed by atoms with Gasteiger partial charge in [-0.3, -0.25) is 4.79 Å². The van der Waals surface area contributed by atoms with Gasteiger partial charge in [0.15, 0.2) is 0 Å². The van der Waals surface area contributed by atoms with Crippen molar-refractivity contribution in [3.05, 3.63) is 35.9 Å². The zero-order valence-electron chi connectivity index (χ0n) is 11.4. The normalized spacial score (nSPS) is 23.3. The lowest BCUT2D eigenvalue weighted by Crippen LogP contribution is -2.28. The maximum atomic E-state index is 12.1. The molecule has 2 heteroatoms. The number of unbranched alkanes of at least 4 members (excludes halogenated alkanes) is 1. The van der Waals surface area contributed by atoms with Crippen molar-refractivity contribution in [1.82, 2.24) is 4.90 Å². The first kappa shape index (κ1) is 13.1. The number of likely N-dealkylation sites (tertiary alicyclic amines) is 1. The third-order valence-electron chi connectivity index (χ3n) is 3.94. The SMILES string of the molecule is CCCCC(=O)N1CC(C)C(c2ccccc2)C1. The molecule has 1 aromatic rings. The van der Waals surface area contributed by atoms with E-state index in [4.69, 9.17) is 0 Å². The highest BCUT2D eigenvalue weighted by atomic mass is 16.2. The van der Waals surface area contributed by atoms with E-state index in [2.05, 4.69) is 43.0 Å². The van der Waals surface area contributed by atoms with Crippen molar-refractivity contribution in [2.75, 3.05) is 13.1 Å². The van der Waals surface area contributed by atoms with Crippen molar-refractivity contribution in [2.24, 2.45) is 5.92 Å². The molecule has 2 nitrogen and oxygen atoms in total. The Morgan fingerprint density at radius 3 is 2.67 bits per heavy atom. The Hall–Kier alpha value is -1.31. The minimum atomic E-state index is 0.335. The molecule has 98 valence electrons. The highest BCUT2D eigenvalue weighted by Gasteiger charge is 2.32. The lowest BCUT2D eigenvalue weighted by Gasteiger charge is -2.16. The minimum Gasteiger partial charge on any atom is -0.342 e. The van der Waals surface area contributed by atoms with Crippen molar-refractivity contribution >= 4 is 5.91 Å². The van der Waals surface area contributed by atoms with Gasteiger partial charge in [0.25, 0.3) is 0 Å². The molecule has 0 bridgehead atoms. The molecule has 2 atom stereocenters. The number of rotatable bonds is 4. The van der Waals surface area contributed by atoms with Crippen LogP contribution in [0.5, 0.6) is 0 Å². The predicted molar refractivity (Wildman–Crippen MR) is 74.5 cm³/mol. The fourth-order valence-corrected chi connectivity index (χ4v) is 2.79. The average molecular weight is 245 g/mol. The second kappa shape index (κ2) is 6.03. The number of carbonyl (C=O) groups is 1. The van der Waals surface area contributed by atoms with Gasteiger partial charge < -0.3 is 4.90 Å². The van der Waals surface area contributed by atoms with E-state index in [-0.39, 0.29) is 0 Å². The monoisotopic (exact) mass is 245 g/mol. The Morgan fingerprint density at radius 2 is 2.00 bits per heavy atom. The fourth-order valence-electron chi connectivity index (χ4n) is 2.79. The Morgan fingerprint density at radius 1 is 1.28 bits per heavy atom. The van der Waals surface area contributed by atoms with Gasteiger partial charge in [0.05, 0.1) is 0 Å². The summed E-state index contributed by atoms with van der Waals surface area (Å²) in [5, 5.41) is 0. The summed E-state index contributed by atoms with van der Waals surface area (Å²) in [6.45, 7) is 6.20. The minimum absolute atomic E-state index is 0.335. The standard InChI is InChI=1S/C16H23NO/c1-3-4-10-16(18)17-11-13(2)15(12-17)14-8-6-5-7-9-14/h5-9,13,15H,3-4,10-12H2,1-2H3. The molecule has 0 saturated carbocycles. The third kappa shape index (κ3) is 2.92. The number of nitrogens with zero attached hydrogens (tertiary/aromatic N) is 1. The van der Waals surface area contributed by atoms with Crippen LogP contribution in [-0.2, 0) is 4.79 Å². The van der Waals surface area contributed by atoms with Crippen LogP contribution in [0.4, 0.5) is 0 Å². The smallest absolute Gasteiger partial charge is 0.222 e. The van der Waals surface area contributed by atoms with Gasteiger partial charge >= 0.3 is 0 Å². The van der Waals surface area contributed by atoms with Crippen LogP contribution in [0.15, 0.2) is 30.3 Å². The van der Waals surface area contributed by atoms with Crippen LogP contribution in [0.3, 0.4) is 0 Å². The fraction of sp³-hybridized carbons (Fsp3) is 0.562. The van der Waals surface area contributed by atoms with Crippen molar-refractivity contribution in [1.29, 1.82) is 0 Å². The first-order valence-corrected chi connectivity index (χ1v) is 7.05. The van der Waals surface area contributed by atoms with Crippen LogP contribution in [0.1, 0.15) is 44.6 Å². The summed E-state index contributed by atoms with van der Waals surface area (Å²) >= 11 is 0. The molecule has 1 fully saturated rings. The molecule has 2 unspecified atom stereocenters. The molecule has 2 rings (SSSR count). The topological polar surface area (TPSA) is 20.3 Å². The summed E-state index contributed by atoms with van der Waals surface area (Å²) in [6, 6.07) is 10.6. The molecule has 1 heterocycles. The molecule has 18 heavy (non-hydrogen) atoms. The molecule has 0 spiro atoms. The molecule has 0 N–H and O–H groups in total. The molecule has 0 radical (unpaired) electrons. The Balaban J connectivity index is 1.99. The van der Waals surface area contributed by atoms with Crippen LogP contribution >= 0.6 is 0 Å². The molecule has 1 aliphatic rings. The summed E-state index contributed by atoms with van der Waals surface area (Å²) in [7, 11) is 0. The van der Waals surface area contributed by atoms with Gasteiger partial charge in [0.1, 0.15) is 0 Å². The van der Waals surface area contributed by atoms with E-state index in [1.807, 2.05) is 6.07 Å². The van der Waals surface area contributed by atoms with Gasteiger partial charge in [-0.2, -0.15) is 0 Å². The Bertz CT molecular complexity index is 387. The maximum absolute atomic E-state index is 12.1. The van der Waals surface area contributed by atoms with Gasteiger partial charge in [-0.25, -0.2) is 0 Å². The predicted octanol–water partition coefficient (Wildman–Crippen LogP) is 3.44. The molecule has 1 amide bonds. The van der Waals surface area contributed by atoms with E-state index in [0.717, 1.165) is 25.9 Å². The summed E-state index contributed by atoms with van der Waals surface area (Å²) in [5.74, 6) is 1.41. The van der Waals surface area contributed by atoms with Gasteiger partial charge in [0, 0.05) is 25.4 Å². The zero-order chi connectivity index (χ0) is 13.0. The molecule has 1 aromatic carbocycles. The van der Waals surface area contributed by atoms with Crippen molar-refractivity contribution in [3.8, 4) is 0 Å². The van der Waals surface area contributed by atoms with Crippen LogP contribution in [-0.4, -0.2) is 23.9 Å². The van der Waals surface area contributed by atoms with E-state index in [1.165, 1.54) is 5.56 Å². The van der Waals surface area contributed by atoms with Crippen LogP contribution in [0, 0.1) is 5.92 Å². The first-order chi connectivity index (χ1) is 8.72. The summed E-state index contributed by atoms with van der Waals surface area (Å²) in [6.07, 6.45) is 2.82. The lowest BCUT2D eigenvalue weighted by atomic mass is 9.90. The van der Waals surface area contributed by atoms with E-state index in [0.29, 0.717) is 24.2 Å². The van der Waals surface area contributed by atoms with Crippen LogP contribution in [0.2, 0.25) is 0 Å². The largest absolute Gasteiger partial charge is 0.342 e. The van der Waals surface area contributed by atoms with E-state index in [1.54, 1.807) is 0 Å². The van der Waals surface area contributed by atoms with Crippen molar-refractivity contribution < 1.29 is 4.79 Å². The number of hydrogen-bond acceptors (Lipinski definition) is 1. The average Bonchev–Trinajstić information content (AvgIpc) is 2.79. The van der Waals surface area contributed by atoms with E-state index in [9.17, 15) is 4.79 Å². The number of hydrogen-bond donors (Lipinski definition) is 0. The molecular formula is C16H23NO. The third-order valence-corrected chi connectivity index (χ3v) is 3.94. The maximum Gasteiger partial charge on any atom is 0.222 e.